The highest BCUT2D eigenvalue weighted by molar-refractivity contribution is 7.09. The van der Waals surface area contributed by atoms with E-state index in [0.29, 0.717) is 29.1 Å². The van der Waals surface area contributed by atoms with Crippen LogP contribution in [0.5, 0.6) is 5.75 Å². The molecule has 2 aromatic carbocycles. The van der Waals surface area contributed by atoms with Crippen molar-refractivity contribution >= 4 is 34.2 Å². The number of aromatic nitrogens is 3. The molecule has 0 radical (unpaired) electrons. The Hall–Kier alpha value is -3.78. The van der Waals surface area contributed by atoms with E-state index in [9.17, 15) is 9.59 Å². The van der Waals surface area contributed by atoms with Crippen LogP contribution in [0.4, 0.5) is 0 Å². The molecule has 174 valence electrons. The zero-order chi connectivity index (χ0) is 24.1. The maximum Gasteiger partial charge on any atom is 0.258 e. The van der Waals surface area contributed by atoms with Crippen molar-refractivity contribution in [1.29, 1.82) is 0 Å². The van der Waals surface area contributed by atoms with Crippen LogP contribution in [0.25, 0.3) is 17.0 Å². The van der Waals surface area contributed by atoms with Gasteiger partial charge >= 0.3 is 0 Å². The Morgan fingerprint density at radius 2 is 1.91 bits per heavy atom. The summed E-state index contributed by atoms with van der Waals surface area (Å²) in [6.07, 6.45) is 3.27. The summed E-state index contributed by atoms with van der Waals surface area (Å²) in [6.45, 7) is 6.38. The first kappa shape index (κ1) is 23.4. The van der Waals surface area contributed by atoms with Crippen molar-refractivity contribution in [3.63, 3.8) is 0 Å². The number of hydrogen-bond donors (Lipinski definition) is 1. The van der Waals surface area contributed by atoms with Gasteiger partial charge in [0.2, 0.25) is 5.91 Å². The van der Waals surface area contributed by atoms with Gasteiger partial charge in [-0.2, -0.15) is 0 Å². The van der Waals surface area contributed by atoms with E-state index in [4.69, 9.17) is 4.74 Å². The van der Waals surface area contributed by atoms with Crippen molar-refractivity contribution < 1.29 is 9.53 Å². The van der Waals surface area contributed by atoms with Crippen LogP contribution in [0.2, 0.25) is 0 Å². The number of carbonyl (C=O) groups excluding carboxylic acids is 1. The molecule has 0 aliphatic heterocycles. The zero-order valence-electron chi connectivity index (χ0n) is 19.3. The van der Waals surface area contributed by atoms with Crippen LogP contribution in [0, 0.1) is 6.92 Å². The first-order valence-corrected chi connectivity index (χ1v) is 11.9. The lowest BCUT2D eigenvalue weighted by molar-refractivity contribution is -0.128. The van der Waals surface area contributed by atoms with Crippen LogP contribution in [0.3, 0.4) is 0 Å². The molecule has 0 bridgehead atoms. The highest BCUT2D eigenvalue weighted by atomic mass is 32.1. The molecule has 34 heavy (non-hydrogen) atoms. The summed E-state index contributed by atoms with van der Waals surface area (Å²) < 4.78 is 5.94. The van der Waals surface area contributed by atoms with E-state index in [1.54, 1.807) is 40.5 Å². The van der Waals surface area contributed by atoms with Crippen LogP contribution >= 0.6 is 11.3 Å². The summed E-state index contributed by atoms with van der Waals surface area (Å²) >= 11 is 1.58. The standard InChI is InChI=1S/C26H26N4O3S/c1-17(2)30(14-24-28-22-10-6-5-9-21(22)26(32)29-24)25(31)13-12-19-8-4-7-11-23(19)33-15-20-16-34-18(3)27-20/h4-13,16-17H,14-15H2,1-3H3,(H,28,29,32)/b13-12+. The zero-order valence-corrected chi connectivity index (χ0v) is 20.1. The average molecular weight is 475 g/mol. The molecule has 2 heterocycles. The minimum absolute atomic E-state index is 0.0895. The number of hydrogen-bond acceptors (Lipinski definition) is 6. The number of benzene rings is 2. The van der Waals surface area contributed by atoms with E-state index in [0.717, 1.165) is 16.3 Å². The van der Waals surface area contributed by atoms with Crippen molar-refractivity contribution in [2.75, 3.05) is 0 Å². The summed E-state index contributed by atoms with van der Waals surface area (Å²) in [5.41, 5.74) is 2.06. The first-order valence-electron chi connectivity index (χ1n) is 11.0. The van der Waals surface area contributed by atoms with Gasteiger partial charge in [0.15, 0.2) is 0 Å². The number of nitrogens with zero attached hydrogens (tertiary/aromatic N) is 3. The molecule has 0 aliphatic carbocycles. The Morgan fingerprint density at radius 1 is 1.15 bits per heavy atom. The molecule has 1 amide bonds. The Labute approximate surface area is 201 Å². The fraction of sp³-hybridized carbons (Fsp3) is 0.231. The van der Waals surface area contributed by atoms with Gasteiger partial charge in [-0.3, -0.25) is 9.59 Å². The Morgan fingerprint density at radius 3 is 2.68 bits per heavy atom. The first-order chi connectivity index (χ1) is 16.4. The Bertz CT molecular complexity index is 1390. The lowest BCUT2D eigenvalue weighted by atomic mass is 10.1. The number of carbonyl (C=O) groups is 1. The van der Waals surface area contributed by atoms with Crippen molar-refractivity contribution in [3.05, 3.63) is 92.4 Å². The Kier molecular flexibility index (Phi) is 7.18. The summed E-state index contributed by atoms with van der Waals surface area (Å²) in [5.74, 6) is 0.936. The van der Waals surface area contributed by atoms with Crippen molar-refractivity contribution in [2.45, 2.75) is 40.0 Å². The van der Waals surface area contributed by atoms with Crippen LogP contribution in [0.15, 0.2) is 64.8 Å². The van der Waals surface area contributed by atoms with Crippen LogP contribution in [0.1, 0.15) is 35.9 Å². The molecule has 2 aromatic heterocycles. The lowest BCUT2D eigenvalue weighted by Gasteiger charge is -2.25. The van der Waals surface area contributed by atoms with E-state index in [2.05, 4.69) is 15.0 Å². The SMILES string of the molecule is Cc1nc(COc2ccccc2/C=C/C(=O)N(Cc2nc3ccccc3c(=O)[nH]2)C(C)C)cs1. The summed E-state index contributed by atoms with van der Waals surface area (Å²) in [6, 6.07) is 14.6. The molecular formula is C26H26N4O3S. The molecule has 0 spiro atoms. The number of fused-ring (bicyclic) bond motifs is 1. The predicted molar refractivity (Wildman–Crippen MR) is 135 cm³/mol. The van der Waals surface area contributed by atoms with E-state index >= 15 is 0 Å². The van der Waals surface area contributed by atoms with E-state index in [-0.39, 0.29) is 24.1 Å². The number of rotatable bonds is 8. The fourth-order valence-corrected chi connectivity index (χ4v) is 4.12. The average Bonchev–Trinajstić information content (AvgIpc) is 3.25. The number of aryl methyl sites for hydroxylation is 1. The van der Waals surface area contributed by atoms with E-state index in [1.807, 2.05) is 56.5 Å². The molecule has 0 aliphatic rings. The third kappa shape index (κ3) is 5.58. The van der Waals surface area contributed by atoms with Gasteiger partial charge in [0.25, 0.3) is 5.56 Å². The van der Waals surface area contributed by atoms with Gasteiger partial charge in [-0.15, -0.1) is 11.3 Å². The number of H-pyrrole nitrogens is 1. The third-order valence-corrected chi connectivity index (χ3v) is 6.08. The van der Waals surface area contributed by atoms with Gasteiger partial charge in [-0.1, -0.05) is 30.3 Å². The molecule has 0 fully saturated rings. The number of amides is 1. The Balaban J connectivity index is 1.50. The molecule has 4 aromatic rings. The number of para-hydroxylation sites is 2. The van der Waals surface area contributed by atoms with E-state index < -0.39 is 0 Å². The topological polar surface area (TPSA) is 88.2 Å². The second-order valence-corrected chi connectivity index (χ2v) is 9.17. The minimum Gasteiger partial charge on any atom is -0.487 e. The number of thiazole rings is 1. The van der Waals surface area contributed by atoms with E-state index in [1.165, 1.54) is 6.08 Å². The quantitative estimate of drug-likeness (QED) is 0.374. The molecular weight excluding hydrogens is 448 g/mol. The van der Waals surface area contributed by atoms with Gasteiger partial charge in [0.1, 0.15) is 18.2 Å². The fourth-order valence-electron chi connectivity index (χ4n) is 3.52. The molecule has 0 saturated heterocycles. The number of aromatic amines is 1. The van der Waals surface area contributed by atoms with Crippen molar-refractivity contribution in [3.8, 4) is 5.75 Å². The van der Waals surface area contributed by atoms with Gasteiger partial charge in [-0.25, -0.2) is 9.97 Å². The van der Waals surface area contributed by atoms with Gasteiger partial charge in [-0.05, 0) is 45.0 Å². The predicted octanol–water partition coefficient (Wildman–Crippen LogP) is 4.72. The maximum absolute atomic E-state index is 13.1. The van der Waals surface area contributed by atoms with Crippen molar-refractivity contribution in [2.24, 2.45) is 0 Å². The minimum atomic E-state index is -0.214. The molecule has 4 rings (SSSR count). The van der Waals surface area contributed by atoms with Gasteiger partial charge in [0, 0.05) is 23.1 Å². The monoisotopic (exact) mass is 474 g/mol. The molecule has 0 saturated carbocycles. The van der Waals surface area contributed by atoms with Crippen LogP contribution in [-0.2, 0) is 17.9 Å². The molecule has 0 atom stereocenters. The summed E-state index contributed by atoms with van der Waals surface area (Å²) in [5, 5.41) is 3.49. The molecule has 8 heteroatoms. The molecule has 7 nitrogen and oxygen atoms in total. The smallest absolute Gasteiger partial charge is 0.258 e. The highest BCUT2D eigenvalue weighted by Crippen LogP contribution is 2.22. The third-order valence-electron chi connectivity index (χ3n) is 5.26. The molecule has 0 unspecified atom stereocenters. The largest absolute Gasteiger partial charge is 0.487 e. The maximum atomic E-state index is 13.1. The van der Waals surface area contributed by atoms with Crippen molar-refractivity contribution in [1.82, 2.24) is 19.9 Å². The summed E-state index contributed by atoms with van der Waals surface area (Å²) in [4.78, 5) is 38.9. The van der Waals surface area contributed by atoms with Crippen LogP contribution in [-0.4, -0.2) is 31.8 Å². The second-order valence-electron chi connectivity index (χ2n) is 8.11. The number of ether oxygens (including phenoxy) is 1. The van der Waals surface area contributed by atoms with Crippen LogP contribution < -0.4 is 10.3 Å². The van der Waals surface area contributed by atoms with Gasteiger partial charge < -0.3 is 14.6 Å². The molecule has 1 N–H and O–H groups in total. The summed E-state index contributed by atoms with van der Waals surface area (Å²) in [7, 11) is 0. The number of nitrogens with one attached hydrogen (secondary N) is 1. The lowest BCUT2D eigenvalue weighted by Crippen LogP contribution is -2.36. The normalized spacial score (nSPS) is 11.4. The highest BCUT2D eigenvalue weighted by Gasteiger charge is 2.17. The second kappa shape index (κ2) is 10.4. The van der Waals surface area contributed by atoms with Gasteiger partial charge in [0.05, 0.1) is 28.1 Å².